The molecule has 7 nitrogen and oxygen atoms in total. The van der Waals surface area contributed by atoms with E-state index < -0.39 is 5.72 Å². The van der Waals surface area contributed by atoms with Gasteiger partial charge in [-0.3, -0.25) is 4.90 Å². The van der Waals surface area contributed by atoms with Crippen LogP contribution in [0.25, 0.3) is 22.4 Å². The van der Waals surface area contributed by atoms with Crippen LogP contribution < -0.4 is 4.90 Å². The van der Waals surface area contributed by atoms with Crippen LogP contribution in [-0.4, -0.2) is 67.7 Å². The van der Waals surface area contributed by atoms with Gasteiger partial charge in [-0.15, -0.1) is 0 Å². The monoisotopic (exact) mass is 441 g/mol. The zero-order valence-corrected chi connectivity index (χ0v) is 18.5. The maximum absolute atomic E-state index is 11.2. The molecule has 2 N–H and O–H groups in total. The van der Waals surface area contributed by atoms with E-state index >= 15 is 0 Å². The summed E-state index contributed by atoms with van der Waals surface area (Å²) in [4.78, 5) is 13.7. The Labute approximate surface area is 186 Å². The largest absolute Gasteiger partial charge is 0.393 e. The van der Waals surface area contributed by atoms with Gasteiger partial charge in [0.25, 0.3) is 0 Å². The molecule has 0 radical (unpaired) electrons. The molecule has 4 heterocycles. The molecule has 2 aliphatic heterocycles. The van der Waals surface area contributed by atoms with Gasteiger partial charge in [-0.2, -0.15) is 0 Å². The zero-order valence-electron chi connectivity index (χ0n) is 17.7. The van der Waals surface area contributed by atoms with Crippen LogP contribution in [0.4, 0.5) is 5.82 Å². The number of anilines is 1. The van der Waals surface area contributed by atoms with Crippen molar-refractivity contribution in [3.63, 3.8) is 0 Å². The standard InChI is InChI=1S/C23H28ClN5O2/c1-27-20-5-3-2-4-19(20)26-22(27)17-14-21(25-15-18(17)24)28-12-8-23(31,9-13-28)29-10-6-16(30)7-11-29/h2-5,14-16,30-31H,6-13H2,1H3. The minimum Gasteiger partial charge on any atom is -0.393 e. The summed E-state index contributed by atoms with van der Waals surface area (Å²) in [7, 11) is 2.00. The molecule has 31 heavy (non-hydrogen) atoms. The van der Waals surface area contributed by atoms with Crippen LogP contribution in [-0.2, 0) is 7.05 Å². The Morgan fingerprint density at radius 3 is 2.52 bits per heavy atom. The first kappa shape index (κ1) is 20.7. The van der Waals surface area contributed by atoms with Gasteiger partial charge in [0.15, 0.2) is 0 Å². The zero-order chi connectivity index (χ0) is 21.6. The summed E-state index contributed by atoms with van der Waals surface area (Å²) in [5.41, 5.74) is 2.05. The van der Waals surface area contributed by atoms with Gasteiger partial charge in [0, 0.05) is 57.8 Å². The lowest BCUT2D eigenvalue weighted by Gasteiger charge is -2.47. The molecule has 0 unspecified atom stereocenters. The number of rotatable bonds is 3. The molecule has 164 valence electrons. The summed E-state index contributed by atoms with van der Waals surface area (Å²) >= 11 is 6.53. The molecule has 0 bridgehead atoms. The normalized spacial score (nSPS) is 20.5. The summed E-state index contributed by atoms with van der Waals surface area (Å²) in [6.45, 7) is 2.92. The third-order valence-corrected chi connectivity index (χ3v) is 7.11. The van der Waals surface area contributed by atoms with E-state index in [4.69, 9.17) is 16.6 Å². The van der Waals surface area contributed by atoms with E-state index in [1.54, 1.807) is 6.20 Å². The van der Waals surface area contributed by atoms with E-state index in [1.165, 1.54) is 0 Å². The van der Waals surface area contributed by atoms with Crippen molar-refractivity contribution < 1.29 is 10.2 Å². The topological polar surface area (TPSA) is 77.7 Å². The first-order valence-electron chi connectivity index (χ1n) is 10.9. The molecule has 2 fully saturated rings. The smallest absolute Gasteiger partial charge is 0.142 e. The van der Waals surface area contributed by atoms with Gasteiger partial charge in [0.2, 0.25) is 0 Å². The third kappa shape index (κ3) is 3.80. The summed E-state index contributed by atoms with van der Waals surface area (Å²) < 4.78 is 2.06. The molecule has 2 aromatic heterocycles. The number of aryl methyl sites for hydroxylation is 1. The molecule has 5 rings (SSSR count). The maximum atomic E-state index is 11.2. The SMILES string of the molecule is Cn1c(-c2cc(N3CCC(O)(N4CCC(O)CC4)CC3)ncc2Cl)nc2ccccc21. The molecule has 3 aromatic rings. The van der Waals surface area contributed by atoms with Crippen LogP contribution in [0.15, 0.2) is 36.5 Å². The van der Waals surface area contributed by atoms with E-state index in [0.29, 0.717) is 31.0 Å². The summed E-state index contributed by atoms with van der Waals surface area (Å²) in [5, 5.41) is 21.5. The molecule has 0 amide bonds. The first-order chi connectivity index (χ1) is 14.9. The van der Waals surface area contributed by atoms with Gasteiger partial charge in [-0.25, -0.2) is 9.97 Å². The number of nitrogens with zero attached hydrogens (tertiary/aromatic N) is 5. The van der Waals surface area contributed by atoms with Gasteiger partial charge in [-0.05, 0) is 31.0 Å². The highest BCUT2D eigenvalue weighted by Gasteiger charge is 2.39. The lowest BCUT2D eigenvalue weighted by Crippen LogP contribution is -2.58. The molecule has 0 aliphatic carbocycles. The number of benzene rings is 1. The number of para-hydroxylation sites is 2. The molecule has 0 spiro atoms. The second-order valence-electron chi connectivity index (χ2n) is 8.69. The first-order valence-corrected chi connectivity index (χ1v) is 11.3. The number of aromatic nitrogens is 3. The maximum Gasteiger partial charge on any atom is 0.142 e. The fourth-order valence-electron chi connectivity index (χ4n) is 4.85. The average molecular weight is 442 g/mol. The molecular formula is C23H28ClN5O2. The van der Waals surface area contributed by atoms with E-state index in [2.05, 4.69) is 19.4 Å². The molecule has 2 saturated heterocycles. The van der Waals surface area contributed by atoms with Crippen molar-refractivity contribution >= 4 is 28.5 Å². The van der Waals surface area contributed by atoms with Crippen molar-refractivity contribution in [1.82, 2.24) is 19.4 Å². The van der Waals surface area contributed by atoms with Crippen LogP contribution >= 0.6 is 11.6 Å². The lowest BCUT2D eigenvalue weighted by atomic mass is 9.95. The van der Waals surface area contributed by atoms with Crippen molar-refractivity contribution in [1.29, 1.82) is 0 Å². The summed E-state index contributed by atoms with van der Waals surface area (Å²) in [6, 6.07) is 10.0. The number of likely N-dealkylation sites (tertiary alicyclic amines) is 1. The number of aliphatic hydroxyl groups excluding tert-OH is 1. The highest BCUT2D eigenvalue weighted by Crippen LogP contribution is 2.34. The second kappa shape index (κ2) is 8.06. The number of halogens is 1. The Kier molecular flexibility index (Phi) is 5.38. The number of imidazole rings is 1. The van der Waals surface area contributed by atoms with Crippen LogP contribution in [0.2, 0.25) is 5.02 Å². The van der Waals surface area contributed by atoms with Crippen molar-refractivity contribution in [2.45, 2.75) is 37.5 Å². The molecule has 8 heteroatoms. The number of piperidine rings is 2. The van der Waals surface area contributed by atoms with Crippen LogP contribution in [0.5, 0.6) is 0 Å². The van der Waals surface area contributed by atoms with Crippen molar-refractivity contribution in [2.75, 3.05) is 31.1 Å². The Balaban J connectivity index is 1.37. The van der Waals surface area contributed by atoms with Crippen LogP contribution in [0.1, 0.15) is 25.7 Å². The van der Waals surface area contributed by atoms with E-state index in [9.17, 15) is 10.2 Å². The van der Waals surface area contributed by atoms with E-state index in [0.717, 1.165) is 54.2 Å². The highest BCUT2D eigenvalue weighted by atomic mass is 35.5. The molecule has 1 aromatic carbocycles. The van der Waals surface area contributed by atoms with Crippen molar-refractivity contribution in [2.24, 2.45) is 7.05 Å². The quantitative estimate of drug-likeness (QED) is 0.650. The van der Waals surface area contributed by atoms with Crippen molar-refractivity contribution in [3.8, 4) is 11.4 Å². The van der Waals surface area contributed by atoms with Crippen LogP contribution in [0, 0.1) is 0 Å². The molecule has 2 aliphatic rings. The molecule has 0 atom stereocenters. The number of hydrogen-bond donors (Lipinski definition) is 2. The van der Waals surface area contributed by atoms with Crippen molar-refractivity contribution in [3.05, 3.63) is 41.6 Å². The van der Waals surface area contributed by atoms with Gasteiger partial charge in [0.1, 0.15) is 17.4 Å². The highest BCUT2D eigenvalue weighted by molar-refractivity contribution is 6.33. The fraction of sp³-hybridized carbons (Fsp3) is 0.478. The van der Waals surface area contributed by atoms with Gasteiger partial charge >= 0.3 is 0 Å². The molecular weight excluding hydrogens is 414 g/mol. The summed E-state index contributed by atoms with van der Waals surface area (Å²) in [5.74, 6) is 1.66. The van der Waals surface area contributed by atoms with Gasteiger partial charge in [0.05, 0.1) is 22.2 Å². The summed E-state index contributed by atoms with van der Waals surface area (Å²) in [6.07, 6.45) is 4.21. The third-order valence-electron chi connectivity index (χ3n) is 6.81. The van der Waals surface area contributed by atoms with Gasteiger partial charge in [-0.1, -0.05) is 23.7 Å². The average Bonchev–Trinajstić information content (AvgIpc) is 3.12. The number of fused-ring (bicyclic) bond motifs is 1. The van der Waals surface area contributed by atoms with Crippen LogP contribution in [0.3, 0.4) is 0 Å². The van der Waals surface area contributed by atoms with E-state index in [-0.39, 0.29) is 6.10 Å². The molecule has 0 saturated carbocycles. The number of aliphatic hydroxyl groups is 2. The Morgan fingerprint density at radius 1 is 1.10 bits per heavy atom. The number of pyridine rings is 1. The lowest BCUT2D eigenvalue weighted by molar-refractivity contribution is -0.139. The van der Waals surface area contributed by atoms with Gasteiger partial charge < -0.3 is 19.7 Å². The second-order valence-corrected chi connectivity index (χ2v) is 9.10. The Bertz CT molecular complexity index is 1080. The predicted octanol–water partition coefficient (Wildman–Crippen LogP) is 3.03. The number of hydrogen-bond acceptors (Lipinski definition) is 6. The Morgan fingerprint density at radius 2 is 1.81 bits per heavy atom. The predicted molar refractivity (Wildman–Crippen MR) is 122 cm³/mol. The van der Waals surface area contributed by atoms with E-state index in [1.807, 2.05) is 37.4 Å². The minimum atomic E-state index is -0.802. The minimum absolute atomic E-state index is 0.237. The Hall–Kier alpha value is -2.19. The fourth-order valence-corrected chi connectivity index (χ4v) is 5.04.